The van der Waals surface area contributed by atoms with E-state index in [4.69, 9.17) is 10.5 Å². The number of nitrogens with one attached hydrogen (secondary N) is 1. The highest BCUT2D eigenvalue weighted by Crippen LogP contribution is 2.24. The fourth-order valence-electron chi connectivity index (χ4n) is 1.82. The minimum Gasteiger partial charge on any atom is -0.496 e. The summed E-state index contributed by atoms with van der Waals surface area (Å²) >= 11 is 0. The van der Waals surface area contributed by atoms with Gasteiger partial charge in [-0.25, -0.2) is 4.98 Å². The molecule has 2 rings (SSSR count). The highest BCUT2D eigenvalue weighted by Gasteiger charge is 2.05. The van der Waals surface area contributed by atoms with Crippen molar-refractivity contribution in [3.8, 4) is 17.0 Å². The van der Waals surface area contributed by atoms with Gasteiger partial charge in [0.05, 0.1) is 19.0 Å². The van der Waals surface area contributed by atoms with E-state index in [0.717, 1.165) is 34.8 Å². The maximum Gasteiger partial charge on any atom is 0.121 e. The van der Waals surface area contributed by atoms with Gasteiger partial charge in [-0.1, -0.05) is 0 Å². The Morgan fingerprint density at radius 1 is 1.41 bits per heavy atom. The number of ether oxygens (including phenoxy) is 1. The van der Waals surface area contributed by atoms with E-state index in [1.54, 1.807) is 7.11 Å². The fourth-order valence-corrected chi connectivity index (χ4v) is 1.82. The van der Waals surface area contributed by atoms with Crippen LogP contribution in [-0.4, -0.2) is 23.6 Å². The van der Waals surface area contributed by atoms with E-state index in [1.165, 1.54) is 0 Å². The molecule has 90 valence electrons. The van der Waals surface area contributed by atoms with Crippen LogP contribution in [0.25, 0.3) is 11.3 Å². The number of rotatable bonds is 4. The average Bonchev–Trinajstić information content (AvgIpc) is 2.78. The van der Waals surface area contributed by atoms with E-state index in [2.05, 4.69) is 16.0 Å². The number of benzene rings is 1. The zero-order valence-corrected chi connectivity index (χ0v) is 10.2. The van der Waals surface area contributed by atoms with E-state index in [-0.39, 0.29) is 0 Å². The molecule has 2 aromatic rings. The van der Waals surface area contributed by atoms with Gasteiger partial charge in [-0.2, -0.15) is 0 Å². The third kappa shape index (κ3) is 2.47. The normalized spacial score (nSPS) is 10.5. The number of aromatic amines is 1. The van der Waals surface area contributed by atoms with Crippen LogP contribution in [0.2, 0.25) is 0 Å². The predicted molar refractivity (Wildman–Crippen MR) is 68.1 cm³/mol. The van der Waals surface area contributed by atoms with Gasteiger partial charge in [0.1, 0.15) is 11.6 Å². The third-order valence-electron chi connectivity index (χ3n) is 2.72. The molecule has 1 heterocycles. The molecule has 0 atom stereocenters. The lowest BCUT2D eigenvalue weighted by atomic mass is 10.1. The maximum absolute atomic E-state index is 5.49. The Hall–Kier alpha value is -1.81. The summed E-state index contributed by atoms with van der Waals surface area (Å²) in [4.78, 5) is 7.55. The molecule has 0 spiro atoms. The summed E-state index contributed by atoms with van der Waals surface area (Å²) in [5.74, 6) is 1.83. The molecule has 4 nitrogen and oxygen atoms in total. The van der Waals surface area contributed by atoms with E-state index >= 15 is 0 Å². The van der Waals surface area contributed by atoms with Crippen molar-refractivity contribution in [2.24, 2.45) is 5.73 Å². The number of nitrogens with zero attached hydrogens (tertiary/aromatic N) is 1. The molecule has 17 heavy (non-hydrogen) atoms. The minimum atomic E-state index is 0.606. The van der Waals surface area contributed by atoms with Crippen LogP contribution in [0.15, 0.2) is 24.4 Å². The van der Waals surface area contributed by atoms with Crippen molar-refractivity contribution in [3.05, 3.63) is 35.8 Å². The Morgan fingerprint density at radius 3 is 2.88 bits per heavy atom. The van der Waals surface area contributed by atoms with Crippen molar-refractivity contribution in [2.75, 3.05) is 13.7 Å². The second kappa shape index (κ2) is 5.01. The summed E-state index contributed by atoms with van der Waals surface area (Å²) in [7, 11) is 1.68. The van der Waals surface area contributed by atoms with Gasteiger partial charge in [0.25, 0.3) is 0 Å². The van der Waals surface area contributed by atoms with Crippen molar-refractivity contribution in [2.45, 2.75) is 13.3 Å². The second-order valence-corrected chi connectivity index (χ2v) is 3.97. The van der Waals surface area contributed by atoms with Crippen LogP contribution < -0.4 is 10.5 Å². The van der Waals surface area contributed by atoms with Gasteiger partial charge in [-0.05, 0) is 37.2 Å². The van der Waals surface area contributed by atoms with Gasteiger partial charge in [-0.3, -0.25) is 0 Å². The first kappa shape index (κ1) is 11.7. The Labute approximate surface area is 101 Å². The summed E-state index contributed by atoms with van der Waals surface area (Å²) in [6.07, 6.45) is 2.61. The SMILES string of the molecule is COc1ccc(-c2cnc(CCN)[nH]2)cc1C. The third-order valence-corrected chi connectivity index (χ3v) is 2.72. The Bertz CT molecular complexity index is 505. The first-order valence-corrected chi connectivity index (χ1v) is 5.63. The molecule has 0 fully saturated rings. The number of methoxy groups -OCH3 is 1. The second-order valence-electron chi connectivity index (χ2n) is 3.97. The Kier molecular flexibility index (Phi) is 3.44. The number of aryl methyl sites for hydroxylation is 1. The molecule has 0 bridgehead atoms. The number of H-pyrrole nitrogens is 1. The summed E-state index contributed by atoms with van der Waals surface area (Å²) in [6.45, 7) is 2.63. The molecular weight excluding hydrogens is 214 g/mol. The monoisotopic (exact) mass is 231 g/mol. The summed E-state index contributed by atoms with van der Waals surface area (Å²) in [6, 6.07) is 6.07. The number of hydrogen-bond donors (Lipinski definition) is 2. The molecule has 1 aromatic heterocycles. The van der Waals surface area contributed by atoms with Gasteiger partial charge in [-0.15, -0.1) is 0 Å². The number of aromatic nitrogens is 2. The summed E-state index contributed by atoms with van der Waals surface area (Å²) < 4.78 is 5.24. The molecule has 0 aliphatic rings. The predicted octanol–water partition coefficient (Wildman–Crippen LogP) is 1.89. The quantitative estimate of drug-likeness (QED) is 0.844. The minimum absolute atomic E-state index is 0.606. The fraction of sp³-hybridized carbons (Fsp3) is 0.308. The van der Waals surface area contributed by atoms with E-state index < -0.39 is 0 Å². The van der Waals surface area contributed by atoms with E-state index in [1.807, 2.05) is 25.3 Å². The van der Waals surface area contributed by atoms with Crippen LogP contribution in [0.4, 0.5) is 0 Å². The largest absolute Gasteiger partial charge is 0.496 e. The molecular formula is C13H17N3O. The smallest absolute Gasteiger partial charge is 0.121 e. The maximum atomic E-state index is 5.49. The topological polar surface area (TPSA) is 63.9 Å². The van der Waals surface area contributed by atoms with Crippen LogP contribution in [0, 0.1) is 6.92 Å². The lowest BCUT2D eigenvalue weighted by Gasteiger charge is -2.05. The van der Waals surface area contributed by atoms with Crippen LogP contribution >= 0.6 is 0 Å². The first-order chi connectivity index (χ1) is 8.24. The number of imidazole rings is 1. The lowest BCUT2D eigenvalue weighted by Crippen LogP contribution is -2.03. The van der Waals surface area contributed by atoms with Gasteiger partial charge >= 0.3 is 0 Å². The summed E-state index contributed by atoms with van der Waals surface area (Å²) in [5, 5.41) is 0. The number of hydrogen-bond acceptors (Lipinski definition) is 3. The molecule has 4 heteroatoms. The lowest BCUT2D eigenvalue weighted by molar-refractivity contribution is 0.412. The van der Waals surface area contributed by atoms with Crippen molar-refractivity contribution >= 4 is 0 Å². The van der Waals surface area contributed by atoms with Crippen LogP contribution in [0.3, 0.4) is 0 Å². The van der Waals surface area contributed by atoms with E-state index in [9.17, 15) is 0 Å². The molecule has 0 amide bonds. The molecule has 0 radical (unpaired) electrons. The highest BCUT2D eigenvalue weighted by atomic mass is 16.5. The molecule has 3 N–H and O–H groups in total. The van der Waals surface area contributed by atoms with Crippen molar-refractivity contribution in [1.29, 1.82) is 0 Å². The van der Waals surface area contributed by atoms with Gasteiger partial charge < -0.3 is 15.5 Å². The van der Waals surface area contributed by atoms with Crippen LogP contribution in [0.5, 0.6) is 5.75 Å². The molecule has 0 aliphatic heterocycles. The zero-order chi connectivity index (χ0) is 12.3. The van der Waals surface area contributed by atoms with Gasteiger partial charge in [0, 0.05) is 12.0 Å². The molecule has 1 aromatic carbocycles. The van der Waals surface area contributed by atoms with Crippen LogP contribution in [-0.2, 0) is 6.42 Å². The number of nitrogens with two attached hydrogens (primary N) is 1. The standard InChI is InChI=1S/C13H17N3O/c1-9-7-10(3-4-12(9)17-2)11-8-15-13(16-11)5-6-14/h3-4,7-8H,5-6,14H2,1-2H3,(H,15,16). The molecule has 0 saturated heterocycles. The molecule has 0 unspecified atom stereocenters. The van der Waals surface area contributed by atoms with Gasteiger partial charge in [0.2, 0.25) is 0 Å². The van der Waals surface area contributed by atoms with Crippen molar-refractivity contribution in [1.82, 2.24) is 9.97 Å². The highest BCUT2D eigenvalue weighted by molar-refractivity contribution is 5.61. The van der Waals surface area contributed by atoms with E-state index in [0.29, 0.717) is 6.54 Å². The first-order valence-electron chi connectivity index (χ1n) is 5.63. The van der Waals surface area contributed by atoms with Crippen molar-refractivity contribution < 1.29 is 4.74 Å². The Balaban J connectivity index is 2.29. The van der Waals surface area contributed by atoms with Gasteiger partial charge in [0.15, 0.2) is 0 Å². The van der Waals surface area contributed by atoms with Crippen LogP contribution in [0.1, 0.15) is 11.4 Å². The molecule has 0 aliphatic carbocycles. The average molecular weight is 231 g/mol. The summed E-state index contributed by atoms with van der Waals surface area (Å²) in [5.41, 5.74) is 8.73. The molecule has 0 saturated carbocycles. The Morgan fingerprint density at radius 2 is 2.24 bits per heavy atom. The van der Waals surface area contributed by atoms with Crippen molar-refractivity contribution in [3.63, 3.8) is 0 Å². The zero-order valence-electron chi connectivity index (χ0n) is 10.2.